The Morgan fingerprint density at radius 3 is 2.85 bits per heavy atom. The van der Waals surface area contributed by atoms with Crippen LogP contribution in [0, 0.1) is 0 Å². The van der Waals surface area contributed by atoms with Gasteiger partial charge in [0, 0.05) is 17.3 Å². The summed E-state index contributed by atoms with van der Waals surface area (Å²) >= 11 is 6.05. The summed E-state index contributed by atoms with van der Waals surface area (Å²) < 4.78 is 12.0. The Bertz CT molecular complexity index is 1730. The van der Waals surface area contributed by atoms with Gasteiger partial charge in [0.25, 0.3) is 5.91 Å². The number of anilines is 2. The Kier molecular flexibility index (Phi) is 7.28. The molecule has 0 saturated carbocycles. The number of nitrogens with zero attached hydrogens (tertiary/aromatic N) is 7. The number of benzene rings is 3. The number of carbonyl (C=O) groups is 1. The minimum atomic E-state index is -0.543. The molecule has 206 valence electrons. The predicted octanol–water partition coefficient (Wildman–Crippen LogP) is 3.79. The maximum Gasteiger partial charge on any atom is 0.293 e. The Morgan fingerprint density at radius 1 is 1.12 bits per heavy atom. The van der Waals surface area contributed by atoms with Gasteiger partial charge < -0.3 is 15.4 Å². The zero-order valence-corrected chi connectivity index (χ0v) is 22.4. The van der Waals surface area contributed by atoms with E-state index in [1.165, 1.54) is 16.5 Å². The molecule has 12 nitrogen and oxygen atoms in total. The summed E-state index contributed by atoms with van der Waals surface area (Å²) in [5.74, 6) is 0.283. The molecule has 0 fully saturated rings. The minimum absolute atomic E-state index is 0.0282. The molecule has 41 heavy (non-hydrogen) atoms. The third kappa shape index (κ3) is 5.72. The number of aromatic nitrogens is 5. The first-order valence-electron chi connectivity index (χ1n) is 12.7. The lowest BCUT2D eigenvalue weighted by Gasteiger charge is -2.19. The summed E-state index contributed by atoms with van der Waals surface area (Å²) in [5.41, 5.74) is 13.0. The molecular formula is C28H24ClN9O3. The van der Waals surface area contributed by atoms with Gasteiger partial charge in [-0.05, 0) is 63.8 Å². The van der Waals surface area contributed by atoms with Gasteiger partial charge in [0.2, 0.25) is 11.6 Å². The SMILES string of the molecule is Nc1nonc1-n1nnc(C(=O)NN=Cc2cccc(OCc3cccc(Cl)c3)c2)c1CN1CCc2ccccc21. The van der Waals surface area contributed by atoms with Gasteiger partial charge in [-0.3, -0.25) is 4.79 Å². The zero-order chi connectivity index (χ0) is 28.2. The minimum Gasteiger partial charge on any atom is -0.489 e. The number of hydrogen-bond donors (Lipinski definition) is 2. The fraction of sp³-hybridized carbons (Fsp3) is 0.143. The van der Waals surface area contributed by atoms with E-state index in [1.54, 1.807) is 0 Å². The predicted molar refractivity (Wildman–Crippen MR) is 152 cm³/mol. The number of halogens is 1. The molecular weight excluding hydrogens is 546 g/mol. The van der Waals surface area contributed by atoms with Gasteiger partial charge in [0.1, 0.15) is 12.4 Å². The molecule has 0 spiro atoms. The number of para-hydroxylation sites is 1. The van der Waals surface area contributed by atoms with Crippen molar-refractivity contribution in [3.05, 3.63) is 106 Å². The molecule has 0 radical (unpaired) electrons. The van der Waals surface area contributed by atoms with Gasteiger partial charge in [0.05, 0.1) is 18.5 Å². The van der Waals surface area contributed by atoms with E-state index in [0.717, 1.165) is 29.8 Å². The van der Waals surface area contributed by atoms with Crippen LogP contribution in [0.2, 0.25) is 5.02 Å². The van der Waals surface area contributed by atoms with Gasteiger partial charge >= 0.3 is 0 Å². The topological polar surface area (TPSA) is 150 Å². The van der Waals surface area contributed by atoms with Crippen molar-refractivity contribution in [1.82, 2.24) is 30.7 Å². The molecule has 0 atom stereocenters. The molecule has 3 N–H and O–H groups in total. The van der Waals surface area contributed by atoms with Crippen LogP contribution in [0.25, 0.3) is 5.82 Å². The molecule has 0 saturated heterocycles. The number of carbonyl (C=O) groups excluding carboxylic acids is 1. The van der Waals surface area contributed by atoms with Crippen LogP contribution < -0.4 is 20.8 Å². The first kappa shape index (κ1) is 26.0. The van der Waals surface area contributed by atoms with E-state index in [0.29, 0.717) is 29.6 Å². The van der Waals surface area contributed by atoms with E-state index in [4.69, 9.17) is 26.7 Å². The second-order valence-corrected chi connectivity index (χ2v) is 9.70. The van der Waals surface area contributed by atoms with Crippen molar-refractivity contribution in [3.8, 4) is 11.6 Å². The molecule has 1 aliphatic rings. The molecule has 6 rings (SSSR count). The van der Waals surface area contributed by atoms with Crippen LogP contribution in [0.15, 0.2) is 82.5 Å². The van der Waals surface area contributed by atoms with Crippen molar-refractivity contribution < 1.29 is 14.2 Å². The number of nitrogens with two attached hydrogens (primary N) is 1. The van der Waals surface area contributed by atoms with Crippen molar-refractivity contribution >= 4 is 35.2 Å². The highest BCUT2D eigenvalue weighted by Crippen LogP contribution is 2.30. The van der Waals surface area contributed by atoms with Crippen LogP contribution in [0.1, 0.15) is 32.9 Å². The normalized spacial score (nSPS) is 12.6. The monoisotopic (exact) mass is 569 g/mol. The highest BCUT2D eigenvalue weighted by atomic mass is 35.5. The summed E-state index contributed by atoms with van der Waals surface area (Å²) in [6.45, 7) is 1.46. The number of nitrogen functional groups attached to an aromatic ring is 1. The first-order chi connectivity index (χ1) is 20.0. The molecule has 2 aromatic heterocycles. The maximum atomic E-state index is 13.2. The van der Waals surface area contributed by atoms with Crippen LogP contribution in [-0.2, 0) is 19.6 Å². The van der Waals surface area contributed by atoms with Gasteiger partial charge in [-0.25, -0.2) is 10.1 Å². The molecule has 1 aliphatic heterocycles. The highest BCUT2D eigenvalue weighted by Gasteiger charge is 2.28. The van der Waals surface area contributed by atoms with Crippen molar-refractivity contribution in [2.24, 2.45) is 5.10 Å². The third-order valence-electron chi connectivity index (χ3n) is 6.53. The van der Waals surface area contributed by atoms with E-state index < -0.39 is 5.91 Å². The number of nitrogens with one attached hydrogen (secondary N) is 1. The van der Waals surface area contributed by atoms with Crippen LogP contribution >= 0.6 is 11.6 Å². The number of hydrogen-bond acceptors (Lipinski definition) is 10. The van der Waals surface area contributed by atoms with Gasteiger partial charge in [-0.1, -0.05) is 59.3 Å². The lowest BCUT2D eigenvalue weighted by Crippen LogP contribution is -2.26. The summed E-state index contributed by atoms with van der Waals surface area (Å²) in [7, 11) is 0. The summed E-state index contributed by atoms with van der Waals surface area (Å²) in [6.07, 6.45) is 2.41. The lowest BCUT2D eigenvalue weighted by molar-refractivity contribution is 0.0949. The van der Waals surface area contributed by atoms with Crippen LogP contribution in [0.5, 0.6) is 5.75 Å². The summed E-state index contributed by atoms with van der Waals surface area (Å²) in [4.78, 5) is 15.4. The van der Waals surface area contributed by atoms with Gasteiger partial charge in [-0.2, -0.15) is 9.78 Å². The molecule has 13 heteroatoms. The standard InChI is InChI=1S/C28H24ClN9O3/c29-21-8-3-6-19(13-21)17-40-22-9-4-5-18(14-22)15-31-33-28(39)25-24(38(36-32-25)27-26(30)34-41-35-27)16-37-12-11-20-7-1-2-10-23(20)37/h1-10,13-15H,11-12,16-17H2,(H2,30,34)(H,33,39). The Hall–Kier alpha value is -5.23. The maximum absolute atomic E-state index is 13.2. The van der Waals surface area contributed by atoms with E-state index in [1.807, 2.05) is 66.7 Å². The molecule has 3 aromatic carbocycles. The molecule has 0 aliphatic carbocycles. The summed E-state index contributed by atoms with van der Waals surface area (Å²) in [5, 5.41) is 20.5. The molecule has 1 amide bonds. The van der Waals surface area contributed by atoms with E-state index in [9.17, 15) is 4.79 Å². The smallest absolute Gasteiger partial charge is 0.293 e. The quantitative estimate of drug-likeness (QED) is 0.200. The zero-order valence-electron chi connectivity index (χ0n) is 21.6. The first-order valence-corrected chi connectivity index (χ1v) is 13.1. The molecule has 0 bridgehead atoms. The van der Waals surface area contributed by atoms with Crippen molar-refractivity contribution in [3.63, 3.8) is 0 Å². The Balaban J connectivity index is 1.18. The van der Waals surface area contributed by atoms with Gasteiger partial charge in [-0.15, -0.1) is 5.10 Å². The fourth-order valence-corrected chi connectivity index (χ4v) is 4.79. The van der Waals surface area contributed by atoms with Crippen molar-refractivity contribution in [2.45, 2.75) is 19.6 Å². The fourth-order valence-electron chi connectivity index (χ4n) is 4.58. The van der Waals surface area contributed by atoms with Crippen LogP contribution in [0.3, 0.4) is 0 Å². The second kappa shape index (κ2) is 11.5. The highest BCUT2D eigenvalue weighted by molar-refractivity contribution is 6.30. The van der Waals surface area contributed by atoms with Crippen LogP contribution in [-0.4, -0.2) is 44.0 Å². The van der Waals surface area contributed by atoms with E-state index >= 15 is 0 Å². The van der Waals surface area contributed by atoms with E-state index in [-0.39, 0.29) is 17.3 Å². The number of amides is 1. The molecule has 3 heterocycles. The Morgan fingerprint density at radius 2 is 2.00 bits per heavy atom. The Labute approximate surface area is 239 Å². The lowest BCUT2D eigenvalue weighted by atomic mass is 10.2. The largest absolute Gasteiger partial charge is 0.489 e. The van der Waals surface area contributed by atoms with Crippen molar-refractivity contribution in [2.75, 3.05) is 17.2 Å². The van der Waals surface area contributed by atoms with Gasteiger partial charge in [0.15, 0.2) is 5.69 Å². The average Bonchev–Trinajstić information content (AvgIpc) is 3.71. The summed E-state index contributed by atoms with van der Waals surface area (Å²) in [6, 6.07) is 22.9. The second-order valence-electron chi connectivity index (χ2n) is 9.26. The van der Waals surface area contributed by atoms with E-state index in [2.05, 4.69) is 42.1 Å². The third-order valence-corrected chi connectivity index (χ3v) is 6.77. The van der Waals surface area contributed by atoms with Crippen LogP contribution in [0.4, 0.5) is 11.5 Å². The average molecular weight is 570 g/mol. The number of fused-ring (bicyclic) bond motifs is 1. The number of rotatable bonds is 9. The molecule has 5 aromatic rings. The number of ether oxygens (including phenoxy) is 1. The van der Waals surface area contributed by atoms with Crippen molar-refractivity contribution in [1.29, 1.82) is 0 Å². The number of hydrazone groups is 1. The molecule has 0 unspecified atom stereocenters.